The number of nitrogens with one attached hydrogen (secondary N) is 1. The highest BCUT2D eigenvalue weighted by molar-refractivity contribution is 9.10. The zero-order valence-corrected chi connectivity index (χ0v) is 16.2. The molecule has 1 amide bonds. The van der Waals surface area contributed by atoms with E-state index in [2.05, 4.69) is 31.4 Å². The van der Waals surface area contributed by atoms with E-state index < -0.39 is 0 Å². The van der Waals surface area contributed by atoms with Gasteiger partial charge in [0, 0.05) is 24.9 Å². The minimum atomic E-state index is 0.0303. The van der Waals surface area contributed by atoms with E-state index in [1.807, 2.05) is 26.0 Å². The smallest absolute Gasteiger partial charge is 0.226 e. The topological polar surface area (TPSA) is 86.5 Å². The lowest BCUT2D eigenvalue weighted by atomic mass is 10.2. The minimum absolute atomic E-state index is 0.0303. The van der Waals surface area contributed by atoms with Gasteiger partial charge in [0.2, 0.25) is 17.6 Å². The number of hydrogen-bond acceptors (Lipinski definition) is 6. The lowest BCUT2D eigenvalue weighted by Gasteiger charge is -2.12. The third-order valence-corrected chi connectivity index (χ3v) is 4.00. The number of amides is 1. The van der Waals surface area contributed by atoms with Crippen LogP contribution in [0.2, 0.25) is 0 Å². The molecule has 0 fully saturated rings. The van der Waals surface area contributed by atoms with Gasteiger partial charge in [-0.3, -0.25) is 4.79 Å². The normalized spacial score (nSPS) is 10.6. The molecule has 0 atom stereocenters. The molecule has 0 aliphatic rings. The predicted molar refractivity (Wildman–Crippen MR) is 96.8 cm³/mol. The van der Waals surface area contributed by atoms with Gasteiger partial charge in [-0.15, -0.1) is 0 Å². The molecule has 0 saturated carbocycles. The molecule has 1 heterocycles. The number of nitrogens with zero attached hydrogens (tertiary/aromatic N) is 2. The second-order valence-corrected chi connectivity index (χ2v) is 6.10. The summed E-state index contributed by atoms with van der Waals surface area (Å²) < 4.78 is 17.0. The van der Waals surface area contributed by atoms with Crippen LogP contribution in [0, 0.1) is 0 Å². The number of rotatable bonds is 9. The predicted octanol–water partition coefficient (Wildman–Crippen LogP) is 3.37. The Kier molecular flexibility index (Phi) is 7.24. The molecular weight excluding hydrogens is 390 g/mol. The summed E-state index contributed by atoms with van der Waals surface area (Å²) in [5, 5.41) is 6.78. The first-order valence-corrected chi connectivity index (χ1v) is 8.98. The van der Waals surface area contributed by atoms with E-state index in [1.165, 1.54) is 0 Å². The first-order chi connectivity index (χ1) is 12.1. The molecule has 1 N–H and O–H groups in total. The number of benzene rings is 1. The summed E-state index contributed by atoms with van der Waals surface area (Å²) in [5.74, 6) is 2.23. The SMILES string of the molecule is CCNC(=O)CCCc1nc(-c2cc(Br)c(OC)c(OCC)c2)no1. The van der Waals surface area contributed by atoms with Crippen molar-refractivity contribution in [2.75, 3.05) is 20.3 Å². The second kappa shape index (κ2) is 9.41. The van der Waals surface area contributed by atoms with Crippen LogP contribution in [0.25, 0.3) is 11.4 Å². The summed E-state index contributed by atoms with van der Waals surface area (Å²) in [6.07, 6.45) is 1.65. The fraction of sp³-hybridized carbons (Fsp3) is 0.471. The number of halogens is 1. The lowest BCUT2D eigenvalue weighted by molar-refractivity contribution is -0.121. The van der Waals surface area contributed by atoms with Gasteiger partial charge in [-0.1, -0.05) is 5.16 Å². The van der Waals surface area contributed by atoms with Crippen LogP contribution in [0.3, 0.4) is 0 Å². The zero-order chi connectivity index (χ0) is 18.2. The second-order valence-electron chi connectivity index (χ2n) is 5.24. The first-order valence-electron chi connectivity index (χ1n) is 8.19. The van der Waals surface area contributed by atoms with Crippen LogP contribution in [0.4, 0.5) is 0 Å². The number of aromatic nitrogens is 2. The lowest BCUT2D eigenvalue weighted by Crippen LogP contribution is -2.22. The van der Waals surface area contributed by atoms with Gasteiger partial charge in [0.1, 0.15) is 0 Å². The Balaban J connectivity index is 2.09. The molecule has 2 aromatic rings. The van der Waals surface area contributed by atoms with E-state index in [-0.39, 0.29) is 5.91 Å². The van der Waals surface area contributed by atoms with Crippen molar-refractivity contribution in [2.45, 2.75) is 33.1 Å². The summed E-state index contributed by atoms with van der Waals surface area (Å²) in [7, 11) is 1.59. The van der Waals surface area contributed by atoms with Crippen molar-refractivity contribution in [1.29, 1.82) is 0 Å². The van der Waals surface area contributed by atoms with Gasteiger partial charge in [-0.25, -0.2) is 0 Å². The Morgan fingerprint density at radius 3 is 2.84 bits per heavy atom. The van der Waals surface area contributed by atoms with Crippen LogP contribution in [0.1, 0.15) is 32.6 Å². The monoisotopic (exact) mass is 411 g/mol. The summed E-state index contributed by atoms with van der Waals surface area (Å²) in [4.78, 5) is 15.8. The number of carbonyl (C=O) groups is 1. The maximum Gasteiger partial charge on any atom is 0.226 e. The van der Waals surface area contributed by atoms with Crippen LogP contribution in [-0.2, 0) is 11.2 Å². The van der Waals surface area contributed by atoms with Crippen LogP contribution < -0.4 is 14.8 Å². The fourth-order valence-electron chi connectivity index (χ4n) is 2.32. The highest BCUT2D eigenvalue weighted by Gasteiger charge is 2.16. The average molecular weight is 412 g/mol. The van der Waals surface area contributed by atoms with Crippen LogP contribution >= 0.6 is 15.9 Å². The van der Waals surface area contributed by atoms with E-state index in [1.54, 1.807) is 7.11 Å². The Bertz CT molecular complexity index is 718. The van der Waals surface area contributed by atoms with E-state index in [4.69, 9.17) is 14.0 Å². The third-order valence-electron chi connectivity index (χ3n) is 3.41. The fourth-order valence-corrected chi connectivity index (χ4v) is 2.92. The maximum atomic E-state index is 11.4. The Labute approximate surface area is 155 Å². The van der Waals surface area contributed by atoms with Gasteiger partial charge < -0.3 is 19.3 Å². The van der Waals surface area contributed by atoms with Crippen molar-refractivity contribution in [3.63, 3.8) is 0 Å². The van der Waals surface area contributed by atoms with Crippen molar-refractivity contribution in [3.05, 3.63) is 22.5 Å². The molecule has 0 bridgehead atoms. The zero-order valence-electron chi connectivity index (χ0n) is 14.6. The van der Waals surface area contributed by atoms with Crippen LogP contribution in [0.5, 0.6) is 11.5 Å². The third kappa shape index (κ3) is 5.19. The summed E-state index contributed by atoms with van der Waals surface area (Å²) >= 11 is 3.47. The standard InChI is InChI=1S/C17H22BrN3O4/c1-4-19-14(22)7-6-8-15-20-17(21-25-15)11-9-12(18)16(23-3)13(10-11)24-5-2/h9-10H,4-8H2,1-3H3,(H,19,22). The van der Waals surface area contributed by atoms with E-state index in [9.17, 15) is 4.79 Å². The van der Waals surface area contributed by atoms with Crippen LogP contribution in [-0.4, -0.2) is 36.3 Å². The summed E-state index contributed by atoms with van der Waals surface area (Å²) in [6.45, 7) is 4.95. The van der Waals surface area contributed by atoms with Gasteiger partial charge >= 0.3 is 0 Å². The Hall–Kier alpha value is -2.09. The highest BCUT2D eigenvalue weighted by Crippen LogP contribution is 2.39. The van der Waals surface area contributed by atoms with Crippen molar-refractivity contribution >= 4 is 21.8 Å². The average Bonchev–Trinajstić information content (AvgIpc) is 3.04. The van der Waals surface area contributed by atoms with Gasteiger partial charge in [0.15, 0.2) is 11.5 Å². The molecule has 2 rings (SSSR count). The molecule has 25 heavy (non-hydrogen) atoms. The van der Waals surface area contributed by atoms with Crippen molar-refractivity contribution in [2.24, 2.45) is 0 Å². The molecule has 0 aliphatic heterocycles. The highest BCUT2D eigenvalue weighted by atomic mass is 79.9. The molecular formula is C17H22BrN3O4. The number of methoxy groups -OCH3 is 1. The van der Waals surface area contributed by atoms with E-state index in [0.29, 0.717) is 55.6 Å². The Morgan fingerprint density at radius 1 is 1.36 bits per heavy atom. The van der Waals surface area contributed by atoms with Gasteiger partial charge in [-0.05, 0) is 48.3 Å². The molecule has 0 aliphatic carbocycles. The van der Waals surface area contributed by atoms with Gasteiger partial charge in [-0.2, -0.15) is 4.98 Å². The van der Waals surface area contributed by atoms with Crippen molar-refractivity contribution in [3.8, 4) is 22.9 Å². The number of hydrogen-bond donors (Lipinski definition) is 1. The first kappa shape index (κ1) is 19.2. The van der Waals surface area contributed by atoms with Gasteiger partial charge in [0.05, 0.1) is 18.2 Å². The molecule has 0 spiro atoms. The van der Waals surface area contributed by atoms with E-state index >= 15 is 0 Å². The largest absolute Gasteiger partial charge is 0.492 e. The molecule has 8 heteroatoms. The number of ether oxygens (including phenoxy) is 2. The minimum Gasteiger partial charge on any atom is -0.492 e. The molecule has 0 radical (unpaired) electrons. The Morgan fingerprint density at radius 2 is 2.16 bits per heavy atom. The van der Waals surface area contributed by atoms with Crippen molar-refractivity contribution in [1.82, 2.24) is 15.5 Å². The summed E-state index contributed by atoms with van der Waals surface area (Å²) in [5.41, 5.74) is 0.759. The molecule has 1 aromatic carbocycles. The number of carbonyl (C=O) groups excluding carboxylic acids is 1. The molecule has 7 nitrogen and oxygen atoms in total. The maximum absolute atomic E-state index is 11.4. The molecule has 0 unspecified atom stereocenters. The van der Waals surface area contributed by atoms with Crippen LogP contribution in [0.15, 0.2) is 21.1 Å². The van der Waals surface area contributed by atoms with Crippen molar-refractivity contribution < 1.29 is 18.8 Å². The molecule has 1 aromatic heterocycles. The number of aryl methyl sites for hydroxylation is 1. The summed E-state index contributed by atoms with van der Waals surface area (Å²) in [6, 6.07) is 3.67. The quantitative estimate of drug-likeness (QED) is 0.680. The van der Waals surface area contributed by atoms with Gasteiger partial charge in [0.25, 0.3) is 0 Å². The van der Waals surface area contributed by atoms with E-state index in [0.717, 1.165) is 10.0 Å². The molecule has 136 valence electrons. The molecule has 0 saturated heterocycles.